The fourth-order valence-corrected chi connectivity index (χ4v) is 2.30. The summed E-state index contributed by atoms with van der Waals surface area (Å²) in [7, 11) is 0. The van der Waals surface area contributed by atoms with Crippen molar-refractivity contribution in [2.24, 2.45) is 0 Å². The predicted molar refractivity (Wildman–Crippen MR) is 59.2 cm³/mol. The first kappa shape index (κ1) is 10.1. The van der Waals surface area contributed by atoms with E-state index in [1.165, 1.54) is 6.42 Å². The fourth-order valence-electron chi connectivity index (χ4n) is 2.06. The van der Waals surface area contributed by atoms with Crippen LogP contribution < -0.4 is 0 Å². The minimum Gasteiger partial charge on any atom is -0.392 e. The second kappa shape index (κ2) is 4.41. The van der Waals surface area contributed by atoms with E-state index >= 15 is 0 Å². The Kier molecular flexibility index (Phi) is 3.19. The van der Waals surface area contributed by atoms with Crippen LogP contribution in [0.3, 0.4) is 0 Å². The van der Waals surface area contributed by atoms with E-state index in [4.69, 9.17) is 0 Å². The van der Waals surface area contributed by atoms with Crippen LogP contribution >= 0.6 is 15.9 Å². The monoisotopic (exact) mass is 255 g/mol. The van der Waals surface area contributed by atoms with E-state index in [0.29, 0.717) is 0 Å². The maximum Gasteiger partial charge on any atom is 0.0623 e. The zero-order chi connectivity index (χ0) is 9.97. The topological polar surface area (TPSA) is 33.1 Å². The van der Waals surface area contributed by atoms with Crippen LogP contribution in [0.4, 0.5) is 0 Å². The summed E-state index contributed by atoms with van der Waals surface area (Å²) in [4.78, 5) is 4.35. The molecule has 1 aromatic rings. The molecule has 0 spiro atoms. The highest BCUT2D eigenvalue weighted by atomic mass is 79.9. The zero-order valence-corrected chi connectivity index (χ0v) is 9.57. The lowest BCUT2D eigenvalue weighted by atomic mass is 9.84. The Morgan fingerprint density at radius 1 is 1.29 bits per heavy atom. The summed E-state index contributed by atoms with van der Waals surface area (Å²) in [6.07, 6.45) is 5.94. The van der Waals surface area contributed by atoms with Gasteiger partial charge in [-0.15, -0.1) is 0 Å². The number of pyridine rings is 1. The maximum atomic E-state index is 9.84. The Bertz CT molecular complexity index is 299. The van der Waals surface area contributed by atoms with Crippen molar-refractivity contribution < 1.29 is 5.11 Å². The average Bonchev–Trinajstić information content (AvgIpc) is 2.20. The number of nitrogens with zero attached hydrogens (tertiary/aromatic N) is 1. The number of aliphatic hydroxyl groups is 1. The van der Waals surface area contributed by atoms with Gasteiger partial charge in [-0.3, -0.25) is 4.98 Å². The van der Waals surface area contributed by atoms with Crippen molar-refractivity contribution in [3.63, 3.8) is 0 Å². The zero-order valence-electron chi connectivity index (χ0n) is 7.99. The van der Waals surface area contributed by atoms with Gasteiger partial charge >= 0.3 is 0 Å². The van der Waals surface area contributed by atoms with E-state index in [1.54, 1.807) is 6.20 Å². The molecule has 1 saturated carbocycles. The smallest absolute Gasteiger partial charge is 0.0623 e. The summed E-state index contributed by atoms with van der Waals surface area (Å²) in [5, 5.41) is 9.84. The van der Waals surface area contributed by atoms with Crippen LogP contribution in [0.2, 0.25) is 0 Å². The molecule has 1 aromatic heterocycles. The minimum absolute atomic E-state index is 0.197. The van der Waals surface area contributed by atoms with Crippen LogP contribution in [0, 0.1) is 0 Å². The lowest BCUT2D eigenvalue weighted by Crippen LogP contribution is -2.23. The van der Waals surface area contributed by atoms with Crippen molar-refractivity contribution in [2.75, 3.05) is 0 Å². The standard InChI is InChI=1S/C11H14BrNO/c12-8-5-6-10(13-7-8)9-3-1-2-4-11(9)14/h5-7,9,11,14H,1-4H2/t9-,11-/m0/s1. The number of hydrogen-bond donors (Lipinski definition) is 1. The van der Waals surface area contributed by atoms with Gasteiger partial charge in [-0.2, -0.15) is 0 Å². The molecule has 2 rings (SSSR count). The van der Waals surface area contributed by atoms with E-state index < -0.39 is 0 Å². The van der Waals surface area contributed by atoms with Gasteiger partial charge in [0, 0.05) is 22.3 Å². The normalized spacial score (nSPS) is 27.6. The Balaban J connectivity index is 2.16. The quantitative estimate of drug-likeness (QED) is 0.838. The molecule has 1 aliphatic carbocycles. The number of aromatic nitrogens is 1. The third-order valence-corrected chi connectivity index (χ3v) is 3.33. The van der Waals surface area contributed by atoms with Crippen LogP contribution in [0.15, 0.2) is 22.8 Å². The van der Waals surface area contributed by atoms with Crippen molar-refractivity contribution in [1.82, 2.24) is 4.98 Å². The van der Waals surface area contributed by atoms with Gasteiger partial charge < -0.3 is 5.11 Å². The molecule has 0 bridgehead atoms. The Morgan fingerprint density at radius 3 is 2.71 bits per heavy atom. The van der Waals surface area contributed by atoms with Crippen molar-refractivity contribution in [3.05, 3.63) is 28.5 Å². The molecule has 0 aliphatic heterocycles. The van der Waals surface area contributed by atoms with Gasteiger partial charge in [-0.1, -0.05) is 12.8 Å². The molecule has 0 radical (unpaired) electrons. The van der Waals surface area contributed by atoms with Crippen LogP contribution in [0.5, 0.6) is 0 Å². The van der Waals surface area contributed by atoms with E-state index in [2.05, 4.69) is 20.9 Å². The highest BCUT2D eigenvalue weighted by molar-refractivity contribution is 9.10. The van der Waals surface area contributed by atoms with E-state index in [0.717, 1.165) is 29.4 Å². The molecule has 3 heteroatoms. The molecule has 0 unspecified atom stereocenters. The van der Waals surface area contributed by atoms with Gasteiger partial charge in [0.2, 0.25) is 0 Å². The first-order valence-corrected chi connectivity index (χ1v) is 5.86. The second-order valence-corrected chi connectivity index (χ2v) is 4.78. The minimum atomic E-state index is -0.197. The van der Waals surface area contributed by atoms with E-state index in [1.807, 2.05) is 12.1 Å². The van der Waals surface area contributed by atoms with Gasteiger partial charge in [-0.05, 0) is 40.9 Å². The average molecular weight is 256 g/mol. The summed E-state index contributed by atoms with van der Waals surface area (Å²) < 4.78 is 0.992. The van der Waals surface area contributed by atoms with Gasteiger partial charge in [0.1, 0.15) is 0 Å². The Labute approximate surface area is 92.5 Å². The Morgan fingerprint density at radius 2 is 2.07 bits per heavy atom. The highest BCUT2D eigenvalue weighted by Gasteiger charge is 2.25. The Hall–Kier alpha value is -0.410. The molecule has 1 heterocycles. The molecule has 2 nitrogen and oxygen atoms in total. The molecule has 1 N–H and O–H groups in total. The number of halogens is 1. The van der Waals surface area contributed by atoms with Crippen molar-refractivity contribution in [1.29, 1.82) is 0 Å². The van der Waals surface area contributed by atoms with Gasteiger partial charge in [-0.25, -0.2) is 0 Å². The molecular formula is C11H14BrNO. The first-order chi connectivity index (χ1) is 6.77. The summed E-state index contributed by atoms with van der Waals surface area (Å²) in [5.41, 5.74) is 1.03. The van der Waals surface area contributed by atoms with Gasteiger partial charge in [0.05, 0.1) is 6.10 Å². The lowest BCUT2D eigenvalue weighted by Gasteiger charge is -2.26. The van der Waals surface area contributed by atoms with Crippen LogP contribution in [-0.2, 0) is 0 Å². The predicted octanol–water partition coefficient (Wildman–Crippen LogP) is 2.86. The summed E-state index contributed by atoms with van der Waals surface area (Å²) in [5.74, 6) is 0.247. The molecule has 0 saturated heterocycles. The van der Waals surface area contributed by atoms with Gasteiger partial charge in [0.25, 0.3) is 0 Å². The van der Waals surface area contributed by atoms with Gasteiger partial charge in [0.15, 0.2) is 0 Å². The lowest BCUT2D eigenvalue weighted by molar-refractivity contribution is 0.104. The molecular weight excluding hydrogens is 242 g/mol. The van der Waals surface area contributed by atoms with Crippen molar-refractivity contribution in [2.45, 2.75) is 37.7 Å². The first-order valence-electron chi connectivity index (χ1n) is 5.07. The van der Waals surface area contributed by atoms with Crippen LogP contribution in [-0.4, -0.2) is 16.2 Å². The molecule has 14 heavy (non-hydrogen) atoms. The molecule has 1 fully saturated rings. The third-order valence-electron chi connectivity index (χ3n) is 2.86. The summed E-state index contributed by atoms with van der Waals surface area (Å²) in [6.45, 7) is 0. The van der Waals surface area contributed by atoms with E-state index in [-0.39, 0.29) is 12.0 Å². The molecule has 1 aliphatic rings. The molecule has 2 atom stereocenters. The van der Waals surface area contributed by atoms with Crippen LogP contribution in [0.1, 0.15) is 37.3 Å². The second-order valence-electron chi connectivity index (χ2n) is 3.86. The number of aliphatic hydroxyl groups excluding tert-OH is 1. The third kappa shape index (κ3) is 2.15. The molecule has 0 amide bonds. The SMILES string of the molecule is O[C@H]1CCCC[C@H]1c1ccc(Br)cn1. The van der Waals surface area contributed by atoms with Crippen molar-refractivity contribution in [3.8, 4) is 0 Å². The summed E-state index contributed by atoms with van der Waals surface area (Å²) in [6, 6.07) is 3.99. The van der Waals surface area contributed by atoms with Crippen LogP contribution in [0.25, 0.3) is 0 Å². The van der Waals surface area contributed by atoms with E-state index in [9.17, 15) is 5.11 Å². The largest absolute Gasteiger partial charge is 0.392 e. The molecule has 0 aromatic carbocycles. The maximum absolute atomic E-state index is 9.84. The number of hydrogen-bond acceptors (Lipinski definition) is 2. The highest BCUT2D eigenvalue weighted by Crippen LogP contribution is 2.32. The van der Waals surface area contributed by atoms with Crippen molar-refractivity contribution >= 4 is 15.9 Å². The number of rotatable bonds is 1. The fraction of sp³-hybridized carbons (Fsp3) is 0.545. The molecule has 76 valence electrons. The summed E-state index contributed by atoms with van der Waals surface area (Å²) >= 11 is 3.36.